The van der Waals surface area contributed by atoms with Gasteiger partial charge >= 0.3 is 11.9 Å². The van der Waals surface area contributed by atoms with Crippen LogP contribution in [0.15, 0.2) is 35.3 Å². The van der Waals surface area contributed by atoms with Gasteiger partial charge in [-0.1, -0.05) is 24.3 Å². The predicted octanol–water partition coefficient (Wildman–Crippen LogP) is 1.76. The summed E-state index contributed by atoms with van der Waals surface area (Å²) in [6.45, 7) is 0. The van der Waals surface area contributed by atoms with Gasteiger partial charge in [0.05, 0.1) is 11.3 Å². The van der Waals surface area contributed by atoms with Crippen LogP contribution in [0.3, 0.4) is 0 Å². The molecule has 1 atom stereocenters. The number of rotatable bonds is 10. The highest BCUT2D eigenvalue weighted by molar-refractivity contribution is 5.98. The molecule has 162 valence electrons. The summed E-state index contributed by atoms with van der Waals surface area (Å²) in [5, 5.41) is 18.4. The molecule has 0 radical (unpaired) electrons. The molecule has 0 aliphatic heterocycles. The average molecular weight is 426 g/mol. The summed E-state index contributed by atoms with van der Waals surface area (Å²) in [6, 6.07) is 6.79. The van der Waals surface area contributed by atoms with Crippen LogP contribution in [0.2, 0.25) is 0 Å². The molecule has 10 nitrogen and oxygen atoms in total. The SMILES string of the molecule is Nc1nc2[nH]cc(CCc3ccc(C(=O)C[C@@H](CCC(=O)O)C(=O)O)cc3)c2c(=O)[nH]1. The number of Topliss-reactive ketones (excluding diaryl/α,β-unsaturated/α-hetero) is 1. The van der Waals surface area contributed by atoms with Crippen molar-refractivity contribution < 1.29 is 24.6 Å². The number of fused-ring (bicyclic) bond motifs is 1. The van der Waals surface area contributed by atoms with E-state index in [0.717, 1.165) is 11.1 Å². The van der Waals surface area contributed by atoms with Gasteiger partial charge in [-0.3, -0.25) is 24.2 Å². The fourth-order valence-corrected chi connectivity index (χ4v) is 3.41. The lowest BCUT2D eigenvalue weighted by atomic mass is 9.93. The molecule has 0 saturated heterocycles. The first kappa shape index (κ1) is 21.8. The summed E-state index contributed by atoms with van der Waals surface area (Å²) in [6.07, 6.45) is 2.24. The van der Waals surface area contributed by atoms with Crippen molar-refractivity contribution in [3.05, 3.63) is 57.5 Å². The van der Waals surface area contributed by atoms with Crippen LogP contribution < -0.4 is 11.3 Å². The van der Waals surface area contributed by atoms with Gasteiger partial charge < -0.3 is 20.9 Å². The molecule has 0 spiro atoms. The van der Waals surface area contributed by atoms with Gasteiger partial charge in [-0.15, -0.1) is 0 Å². The highest BCUT2D eigenvalue weighted by Gasteiger charge is 2.23. The average Bonchev–Trinajstić information content (AvgIpc) is 3.12. The number of aromatic nitrogens is 3. The minimum atomic E-state index is -1.18. The number of carboxylic acid groups (broad SMARTS) is 2. The molecule has 0 saturated carbocycles. The number of aryl methyl sites for hydroxylation is 2. The third-order valence-electron chi connectivity index (χ3n) is 5.09. The summed E-state index contributed by atoms with van der Waals surface area (Å²) in [7, 11) is 0. The van der Waals surface area contributed by atoms with Crippen molar-refractivity contribution in [1.82, 2.24) is 15.0 Å². The molecule has 6 N–H and O–H groups in total. The van der Waals surface area contributed by atoms with Crippen LogP contribution in [0.5, 0.6) is 0 Å². The Morgan fingerprint density at radius 3 is 2.45 bits per heavy atom. The van der Waals surface area contributed by atoms with E-state index in [9.17, 15) is 24.3 Å². The zero-order valence-electron chi connectivity index (χ0n) is 16.6. The van der Waals surface area contributed by atoms with E-state index >= 15 is 0 Å². The molecule has 0 unspecified atom stereocenters. The Bertz CT molecular complexity index is 1180. The van der Waals surface area contributed by atoms with Crippen LogP contribution >= 0.6 is 0 Å². The minimum absolute atomic E-state index is 0.0410. The van der Waals surface area contributed by atoms with E-state index in [-0.39, 0.29) is 36.6 Å². The lowest BCUT2D eigenvalue weighted by molar-refractivity contribution is -0.142. The van der Waals surface area contributed by atoms with Crippen molar-refractivity contribution in [3.8, 4) is 0 Å². The molecule has 31 heavy (non-hydrogen) atoms. The molecule has 0 bridgehead atoms. The van der Waals surface area contributed by atoms with E-state index < -0.39 is 17.9 Å². The first-order valence-corrected chi connectivity index (χ1v) is 9.67. The molecule has 10 heteroatoms. The minimum Gasteiger partial charge on any atom is -0.481 e. The first-order chi connectivity index (χ1) is 14.7. The van der Waals surface area contributed by atoms with Crippen LogP contribution in [0, 0.1) is 5.92 Å². The third-order valence-corrected chi connectivity index (χ3v) is 5.09. The Balaban J connectivity index is 1.64. The third kappa shape index (κ3) is 5.35. The fraction of sp³-hybridized carbons (Fsp3) is 0.286. The van der Waals surface area contributed by atoms with Crippen LogP contribution in [0.4, 0.5) is 5.95 Å². The molecule has 0 aliphatic rings. The number of carbonyl (C=O) groups excluding carboxylic acids is 1. The number of nitrogen functional groups attached to an aromatic ring is 1. The highest BCUT2D eigenvalue weighted by Crippen LogP contribution is 2.18. The molecular formula is C21H22N4O6. The Kier molecular flexibility index (Phi) is 6.49. The number of carbonyl (C=O) groups is 3. The fourth-order valence-electron chi connectivity index (χ4n) is 3.41. The Labute approximate surface area is 176 Å². The van der Waals surface area contributed by atoms with Crippen molar-refractivity contribution >= 4 is 34.7 Å². The van der Waals surface area contributed by atoms with Gasteiger partial charge in [0.1, 0.15) is 5.65 Å². The number of nitrogens with one attached hydrogen (secondary N) is 2. The van der Waals surface area contributed by atoms with Crippen molar-refractivity contribution in [3.63, 3.8) is 0 Å². The second-order valence-electron chi connectivity index (χ2n) is 7.28. The van der Waals surface area contributed by atoms with E-state index in [1.807, 2.05) is 0 Å². The van der Waals surface area contributed by atoms with Gasteiger partial charge in [-0.05, 0) is 30.4 Å². The molecule has 2 aromatic heterocycles. The Morgan fingerprint density at radius 1 is 1.10 bits per heavy atom. The number of anilines is 1. The second kappa shape index (κ2) is 9.24. The van der Waals surface area contributed by atoms with Gasteiger partial charge in [0.15, 0.2) is 5.78 Å². The van der Waals surface area contributed by atoms with Gasteiger partial charge in [0, 0.05) is 24.6 Å². The van der Waals surface area contributed by atoms with Crippen LogP contribution in [0.1, 0.15) is 40.7 Å². The second-order valence-corrected chi connectivity index (χ2v) is 7.28. The number of aliphatic carboxylic acids is 2. The maximum Gasteiger partial charge on any atom is 0.306 e. The summed E-state index contributed by atoms with van der Waals surface area (Å²) >= 11 is 0. The summed E-state index contributed by atoms with van der Waals surface area (Å²) in [5.74, 6) is -3.63. The lowest BCUT2D eigenvalue weighted by Crippen LogP contribution is -2.19. The number of H-pyrrole nitrogens is 2. The van der Waals surface area contributed by atoms with Gasteiger partial charge in [0.25, 0.3) is 5.56 Å². The van der Waals surface area contributed by atoms with Crippen LogP contribution in [-0.4, -0.2) is 42.9 Å². The smallest absolute Gasteiger partial charge is 0.306 e. The molecule has 2 heterocycles. The van der Waals surface area contributed by atoms with E-state index in [4.69, 9.17) is 10.8 Å². The van der Waals surface area contributed by atoms with Crippen molar-refractivity contribution in [2.75, 3.05) is 5.73 Å². The normalized spacial score (nSPS) is 12.0. The molecule has 0 aliphatic carbocycles. The topological polar surface area (TPSA) is 179 Å². The monoisotopic (exact) mass is 426 g/mol. The number of hydrogen-bond acceptors (Lipinski definition) is 6. The molecular weight excluding hydrogens is 404 g/mol. The number of carboxylic acids is 2. The lowest BCUT2D eigenvalue weighted by Gasteiger charge is -2.10. The largest absolute Gasteiger partial charge is 0.481 e. The van der Waals surface area contributed by atoms with Crippen molar-refractivity contribution in [2.45, 2.75) is 32.1 Å². The number of benzene rings is 1. The van der Waals surface area contributed by atoms with E-state index in [1.165, 1.54) is 0 Å². The molecule has 0 amide bonds. The number of nitrogens with zero attached hydrogens (tertiary/aromatic N) is 1. The number of nitrogens with two attached hydrogens (primary N) is 1. The van der Waals surface area contributed by atoms with Crippen LogP contribution in [-0.2, 0) is 22.4 Å². The van der Waals surface area contributed by atoms with Crippen LogP contribution in [0.25, 0.3) is 11.0 Å². The standard InChI is InChI=1S/C21H22N4O6/c22-21-24-18-17(19(29)25-21)14(10-23-18)6-3-11-1-4-12(5-2-11)15(26)9-13(20(30)31)7-8-16(27)28/h1-2,4-5,10,13H,3,6-9H2,(H,27,28)(H,30,31)(H4,22,23,24,25,29)/t13-/m1/s1. The van der Waals surface area contributed by atoms with Gasteiger partial charge in [-0.25, -0.2) is 0 Å². The maximum absolute atomic E-state index is 12.4. The van der Waals surface area contributed by atoms with E-state index in [2.05, 4.69) is 15.0 Å². The highest BCUT2D eigenvalue weighted by atomic mass is 16.4. The zero-order valence-corrected chi connectivity index (χ0v) is 16.6. The predicted molar refractivity (Wildman–Crippen MR) is 112 cm³/mol. The Hall–Kier alpha value is -3.95. The van der Waals surface area contributed by atoms with E-state index in [1.54, 1.807) is 30.5 Å². The number of hydrogen-bond donors (Lipinski definition) is 5. The summed E-state index contributed by atoms with van der Waals surface area (Å²) < 4.78 is 0. The molecule has 3 rings (SSSR count). The Morgan fingerprint density at radius 2 is 1.81 bits per heavy atom. The zero-order chi connectivity index (χ0) is 22.5. The summed E-state index contributed by atoms with van der Waals surface area (Å²) in [4.78, 5) is 55.9. The number of ketones is 1. The van der Waals surface area contributed by atoms with E-state index in [0.29, 0.717) is 29.4 Å². The van der Waals surface area contributed by atoms with Crippen molar-refractivity contribution in [2.24, 2.45) is 5.92 Å². The van der Waals surface area contributed by atoms with Gasteiger partial charge in [-0.2, -0.15) is 4.98 Å². The first-order valence-electron chi connectivity index (χ1n) is 9.67. The number of aromatic amines is 2. The molecule has 3 aromatic rings. The quantitative estimate of drug-likeness (QED) is 0.304. The maximum atomic E-state index is 12.4. The summed E-state index contributed by atoms with van der Waals surface area (Å²) in [5.41, 5.74) is 7.76. The van der Waals surface area contributed by atoms with Gasteiger partial charge in [0.2, 0.25) is 5.95 Å². The van der Waals surface area contributed by atoms with Crippen molar-refractivity contribution in [1.29, 1.82) is 0 Å². The molecule has 0 fully saturated rings. The molecule has 1 aromatic carbocycles.